The van der Waals surface area contributed by atoms with Crippen LogP contribution in [-0.4, -0.2) is 15.9 Å². The van der Waals surface area contributed by atoms with Crippen LogP contribution < -0.4 is 17.2 Å². The molecule has 1 rings (SSSR count). The molecule has 58 valence electrons. The second-order valence-electron chi connectivity index (χ2n) is 1.89. The van der Waals surface area contributed by atoms with Crippen molar-refractivity contribution in [1.29, 1.82) is 0 Å². The number of nitrogen functional groups attached to an aromatic ring is 2. The topological polar surface area (TPSA) is 121 Å². The van der Waals surface area contributed by atoms with Crippen LogP contribution in [0.25, 0.3) is 0 Å². The van der Waals surface area contributed by atoms with Gasteiger partial charge in [-0.2, -0.15) is 0 Å². The minimum Gasteiger partial charge on any atom is -0.382 e. The quantitative estimate of drug-likeness (QED) is 0.465. The van der Waals surface area contributed by atoms with Crippen LogP contribution in [-0.2, 0) is 0 Å². The fourth-order valence-corrected chi connectivity index (χ4v) is 0.593. The Hall–Kier alpha value is -1.85. The number of carbonyl (C=O) groups is 1. The summed E-state index contributed by atoms with van der Waals surface area (Å²) in [5, 5.41) is 0. The minimum atomic E-state index is -0.734. The van der Waals surface area contributed by atoms with E-state index in [9.17, 15) is 4.79 Å². The van der Waals surface area contributed by atoms with Gasteiger partial charge in [-0.25, -0.2) is 9.97 Å². The highest BCUT2D eigenvalue weighted by Gasteiger charge is 2.07. The second kappa shape index (κ2) is 2.41. The third kappa shape index (κ3) is 1.34. The fraction of sp³-hybridized carbons (Fsp3) is 0. The molecule has 0 aliphatic carbocycles. The van der Waals surface area contributed by atoms with Crippen molar-refractivity contribution in [2.24, 2.45) is 5.73 Å². The van der Waals surface area contributed by atoms with Crippen LogP contribution in [0.2, 0.25) is 0 Å². The normalized spacial score (nSPS) is 9.45. The van der Waals surface area contributed by atoms with Crippen LogP contribution in [0, 0.1) is 0 Å². The summed E-state index contributed by atoms with van der Waals surface area (Å²) in [6.45, 7) is 0. The molecule has 0 unspecified atom stereocenters. The van der Waals surface area contributed by atoms with E-state index in [1.165, 1.54) is 6.20 Å². The first-order chi connectivity index (χ1) is 5.11. The molecular weight excluding hydrogens is 146 g/mol. The van der Waals surface area contributed by atoms with Gasteiger partial charge in [-0.3, -0.25) is 4.79 Å². The van der Waals surface area contributed by atoms with Gasteiger partial charge in [0.1, 0.15) is 5.82 Å². The number of amides is 1. The lowest BCUT2D eigenvalue weighted by molar-refractivity contribution is 0.0996. The highest BCUT2D eigenvalue weighted by atomic mass is 16.1. The maximum absolute atomic E-state index is 10.6. The summed E-state index contributed by atoms with van der Waals surface area (Å²) in [6, 6.07) is 0. The van der Waals surface area contributed by atoms with Gasteiger partial charge < -0.3 is 17.2 Å². The van der Waals surface area contributed by atoms with Gasteiger partial charge >= 0.3 is 0 Å². The van der Waals surface area contributed by atoms with E-state index in [4.69, 9.17) is 17.2 Å². The number of hydrogen-bond acceptors (Lipinski definition) is 5. The third-order valence-corrected chi connectivity index (χ3v) is 1.05. The van der Waals surface area contributed by atoms with Crippen molar-refractivity contribution in [2.45, 2.75) is 0 Å². The number of rotatable bonds is 1. The maximum Gasteiger partial charge on any atom is 0.271 e. The Morgan fingerprint density at radius 2 is 2.09 bits per heavy atom. The Morgan fingerprint density at radius 1 is 1.45 bits per heavy atom. The predicted molar refractivity (Wildman–Crippen MR) is 39.4 cm³/mol. The predicted octanol–water partition coefficient (Wildman–Crippen LogP) is -1.26. The molecule has 0 atom stereocenters. The summed E-state index contributed by atoms with van der Waals surface area (Å²) in [6.07, 6.45) is 1.25. The van der Waals surface area contributed by atoms with Crippen molar-refractivity contribution in [3.8, 4) is 0 Å². The van der Waals surface area contributed by atoms with Crippen LogP contribution in [0.1, 0.15) is 10.5 Å². The van der Waals surface area contributed by atoms with Crippen molar-refractivity contribution >= 4 is 17.5 Å². The standard InChI is InChI=1S/C5H7N5O/c6-2-1-9-4(7)3(10-2)5(8)11/h1H,(H2,6,10)(H2,7,9)(H2,8,11). The van der Waals surface area contributed by atoms with E-state index in [2.05, 4.69) is 9.97 Å². The largest absolute Gasteiger partial charge is 0.382 e. The average molecular weight is 153 g/mol. The average Bonchev–Trinajstić information content (AvgIpc) is 1.94. The summed E-state index contributed by atoms with van der Waals surface area (Å²) in [7, 11) is 0. The molecule has 6 N–H and O–H groups in total. The maximum atomic E-state index is 10.6. The first-order valence-electron chi connectivity index (χ1n) is 2.79. The molecule has 1 aromatic rings. The Labute approximate surface area is 62.4 Å². The van der Waals surface area contributed by atoms with E-state index in [0.717, 1.165) is 0 Å². The van der Waals surface area contributed by atoms with Gasteiger partial charge in [-0.15, -0.1) is 0 Å². The summed E-state index contributed by atoms with van der Waals surface area (Å²) >= 11 is 0. The fourth-order valence-electron chi connectivity index (χ4n) is 0.593. The van der Waals surface area contributed by atoms with Gasteiger partial charge in [0.05, 0.1) is 6.20 Å². The molecule has 0 aliphatic rings. The van der Waals surface area contributed by atoms with Crippen molar-refractivity contribution < 1.29 is 4.79 Å². The summed E-state index contributed by atoms with van der Waals surface area (Å²) in [5.74, 6) is -0.623. The summed E-state index contributed by atoms with van der Waals surface area (Å²) in [5.41, 5.74) is 15.3. The number of hydrogen-bond donors (Lipinski definition) is 3. The van der Waals surface area contributed by atoms with Crippen LogP contribution >= 0.6 is 0 Å². The van der Waals surface area contributed by atoms with E-state index in [-0.39, 0.29) is 17.3 Å². The van der Waals surface area contributed by atoms with E-state index >= 15 is 0 Å². The van der Waals surface area contributed by atoms with Gasteiger partial charge in [0.25, 0.3) is 5.91 Å². The molecule has 0 spiro atoms. The number of carbonyl (C=O) groups excluding carboxylic acids is 1. The highest BCUT2D eigenvalue weighted by molar-refractivity contribution is 5.95. The molecular formula is C5H7N5O. The Morgan fingerprint density at radius 3 is 2.55 bits per heavy atom. The van der Waals surface area contributed by atoms with E-state index in [1.54, 1.807) is 0 Å². The molecule has 0 aliphatic heterocycles. The summed E-state index contributed by atoms with van der Waals surface area (Å²) in [4.78, 5) is 17.7. The number of primary amides is 1. The number of aromatic nitrogens is 2. The minimum absolute atomic E-state index is 0.00769. The van der Waals surface area contributed by atoms with Crippen molar-refractivity contribution in [3.05, 3.63) is 11.9 Å². The van der Waals surface area contributed by atoms with Crippen molar-refractivity contribution in [3.63, 3.8) is 0 Å². The smallest absolute Gasteiger partial charge is 0.271 e. The Bertz CT molecular complexity index is 297. The molecule has 0 aromatic carbocycles. The third-order valence-electron chi connectivity index (χ3n) is 1.05. The molecule has 1 aromatic heterocycles. The Balaban J connectivity index is 3.23. The lowest BCUT2D eigenvalue weighted by Crippen LogP contribution is -2.17. The SMILES string of the molecule is NC(=O)c1nc(N)cnc1N. The van der Waals surface area contributed by atoms with Crippen LogP contribution in [0.15, 0.2) is 6.20 Å². The van der Waals surface area contributed by atoms with Gasteiger partial charge in [0.2, 0.25) is 0 Å². The zero-order valence-electron chi connectivity index (χ0n) is 5.61. The van der Waals surface area contributed by atoms with E-state index in [1.807, 2.05) is 0 Å². The molecule has 0 saturated heterocycles. The van der Waals surface area contributed by atoms with Crippen LogP contribution in [0.3, 0.4) is 0 Å². The number of anilines is 2. The Kier molecular flexibility index (Phi) is 1.59. The van der Waals surface area contributed by atoms with E-state index in [0.29, 0.717) is 0 Å². The molecule has 0 radical (unpaired) electrons. The highest BCUT2D eigenvalue weighted by Crippen LogP contribution is 2.04. The molecule has 11 heavy (non-hydrogen) atoms. The summed E-state index contributed by atoms with van der Waals surface area (Å²) < 4.78 is 0. The zero-order valence-corrected chi connectivity index (χ0v) is 5.61. The van der Waals surface area contributed by atoms with Crippen LogP contribution in [0.5, 0.6) is 0 Å². The van der Waals surface area contributed by atoms with Crippen LogP contribution in [0.4, 0.5) is 11.6 Å². The number of nitrogens with zero attached hydrogens (tertiary/aromatic N) is 2. The molecule has 6 heteroatoms. The lowest BCUT2D eigenvalue weighted by atomic mass is 10.4. The monoisotopic (exact) mass is 153 g/mol. The van der Waals surface area contributed by atoms with Crippen molar-refractivity contribution in [2.75, 3.05) is 11.5 Å². The molecule has 0 fully saturated rings. The van der Waals surface area contributed by atoms with Gasteiger partial charge in [0, 0.05) is 0 Å². The van der Waals surface area contributed by atoms with Gasteiger partial charge in [-0.05, 0) is 0 Å². The van der Waals surface area contributed by atoms with Gasteiger partial charge in [-0.1, -0.05) is 0 Å². The first kappa shape index (κ1) is 7.26. The van der Waals surface area contributed by atoms with Crippen molar-refractivity contribution in [1.82, 2.24) is 9.97 Å². The number of nitrogens with two attached hydrogens (primary N) is 3. The molecule has 1 heterocycles. The molecule has 6 nitrogen and oxygen atoms in total. The zero-order chi connectivity index (χ0) is 8.43. The lowest BCUT2D eigenvalue weighted by Gasteiger charge is -1.98. The molecule has 1 amide bonds. The van der Waals surface area contributed by atoms with E-state index < -0.39 is 5.91 Å². The molecule has 0 bridgehead atoms. The second-order valence-corrected chi connectivity index (χ2v) is 1.89. The first-order valence-corrected chi connectivity index (χ1v) is 2.79. The molecule has 0 saturated carbocycles. The van der Waals surface area contributed by atoms with Gasteiger partial charge in [0.15, 0.2) is 11.5 Å².